The second kappa shape index (κ2) is 9.25. The van der Waals surface area contributed by atoms with Crippen LogP contribution in [0, 0.1) is 0 Å². The number of halogens is 2. The molecule has 0 fully saturated rings. The summed E-state index contributed by atoms with van der Waals surface area (Å²) in [7, 11) is 0. The van der Waals surface area contributed by atoms with Gasteiger partial charge in [-0.3, -0.25) is 9.78 Å². The van der Waals surface area contributed by atoms with Crippen LogP contribution in [0.25, 0.3) is 10.9 Å². The predicted octanol–water partition coefficient (Wildman–Crippen LogP) is 1.88. The van der Waals surface area contributed by atoms with Crippen molar-refractivity contribution in [2.24, 2.45) is 10.8 Å². The number of para-hydroxylation sites is 1. The van der Waals surface area contributed by atoms with E-state index in [1.165, 1.54) is 0 Å². The minimum absolute atomic E-state index is 0. The number of benzene rings is 1. The fourth-order valence-corrected chi connectivity index (χ4v) is 1.59. The van der Waals surface area contributed by atoms with E-state index in [4.69, 9.17) is 5.73 Å². The third-order valence-electron chi connectivity index (χ3n) is 2.43. The van der Waals surface area contributed by atoms with Gasteiger partial charge in [0.15, 0.2) is 0 Å². The Morgan fingerprint density at radius 1 is 1.30 bits per heavy atom. The Kier molecular flexibility index (Phi) is 8.47. The second-order valence-electron chi connectivity index (χ2n) is 3.75. The van der Waals surface area contributed by atoms with Gasteiger partial charge >= 0.3 is 0 Å². The van der Waals surface area contributed by atoms with Crippen LogP contribution in [-0.4, -0.2) is 23.7 Å². The van der Waals surface area contributed by atoms with Crippen LogP contribution in [0.1, 0.15) is 12.0 Å². The number of fused-ring (bicyclic) bond motifs is 1. The molecule has 0 saturated heterocycles. The molecule has 1 aromatic carbocycles. The number of carbonyl (C=O) groups is 1. The lowest BCUT2D eigenvalue weighted by molar-refractivity contribution is -0.120. The summed E-state index contributed by atoms with van der Waals surface area (Å²) in [5, 5.41) is 4.93. The molecule has 2 aromatic rings. The molecule has 1 amide bonds. The highest BCUT2D eigenvalue weighted by Gasteiger charge is 1.99. The smallest absolute Gasteiger partial charge is 0.241 e. The van der Waals surface area contributed by atoms with Gasteiger partial charge in [0.25, 0.3) is 0 Å². The van der Waals surface area contributed by atoms with Gasteiger partial charge < -0.3 is 5.73 Å². The van der Waals surface area contributed by atoms with Crippen molar-refractivity contribution in [3.05, 3.63) is 42.1 Å². The second-order valence-corrected chi connectivity index (χ2v) is 3.75. The lowest BCUT2D eigenvalue weighted by atomic mass is 10.1. The SMILES string of the molecule is Cl.Cl.NCCC(=O)N/N=C/c1cccc2cccnc12. The third kappa shape index (κ3) is 4.77. The van der Waals surface area contributed by atoms with Gasteiger partial charge in [0.2, 0.25) is 5.91 Å². The Hall–Kier alpha value is -1.69. The maximum atomic E-state index is 11.2. The molecule has 5 nitrogen and oxygen atoms in total. The van der Waals surface area contributed by atoms with Gasteiger partial charge in [-0.25, -0.2) is 5.43 Å². The highest BCUT2D eigenvalue weighted by Crippen LogP contribution is 2.13. The molecule has 0 aliphatic heterocycles. The molecule has 2 rings (SSSR count). The molecule has 20 heavy (non-hydrogen) atoms. The fourth-order valence-electron chi connectivity index (χ4n) is 1.59. The van der Waals surface area contributed by atoms with Crippen molar-refractivity contribution in [3.63, 3.8) is 0 Å². The minimum atomic E-state index is -0.193. The molecule has 108 valence electrons. The summed E-state index contributed by atoms with van der Waals surface area (Å²) in [6, 6.07) is 9.66. The van der Waals surface area contributed by atoms with E-state index in [2.05, 4.69) is 15.5 Å². The molecule has 1 heterocycles. The van der Waals surface area contributed by atoms with E-state index < -0.39 is 0 Å². The maximum Gasteiger partial charge on any atom is 0.241 e. The minimum Gasteiger partial charge on any atom is -0.330 e. The van der Waals surface area contributed by atoms with Crippen molar-refractivity contribution in [2.75, 3.05) is 6.54 Å². The molecule has 0 radical (unpaired) electrons. The average molecular weight is 315 g/mol. The van der Waals surface area contributed by atoms with Crippen LogP contribution < -0.4 is 11.2 Å². The molecule has 0 unspecified atom stereocenters. The van der Waals surface area contributed by atoms with Crippen molar-refractivity contribution >= 4 is 47.8 Å². The lowest BCUT2D eigenvalue weighted by Gasteiger charge is -2.00. The number of rotatable bonds is 4. The monoisotopic (exact) mass is 314 g/mol. The molecule has 0 atom stereocenters. The molecular formula is C13H16Cl2N4O. The maximum absolute atomic E-state index is 11.2. The Labute approximate surface area is 129 Å². The van der Waals surface area contributed by atoms with E-state index in [1.54, 1.807) is 12.4 Å². The number of carbonyl (C=O) groups excluding carboxylic acids is 1. The van der Waals surface area contributed by atoms with E-state index >= 15 is 0 Å². The van der Waals surface area contributed by atoms with Gasteiger partial charge in [-0.05, 0) is 6.07 Å². The Balaban J connectivity index is 0.00000180. The number of nitrogens with two attached hydrogens (primary N) is 1. The van der Waals surface area contributed by atoms with E-state index in [9.17, 15) is 4.79 Å². The zero-order valence-corrected chi connectivity index (χ0v) is 12.3. The Morgan fingerprint density at radius 2 is 2.05 bits per heavy atom. The normalized spacial score (nSPS) is 9.85. The molecular weight excluding hydrogens is 299 g/mol. The van der Waals surface area contributed by atoms with Crippen molar-refractivity contribution in [1.82, 2.24) is 10.4 Å². The van der Waals surface area contributed by atoms with Gasteiger partial charge in [-0.15, -0.1) is 24.8 Å². The van der Waals surface area contributed by atoms with Gasteiger partial charge in [0.05, 0.1) is 11.7 Å². The van der Waals surface area contributed by atoms with Crippen LogP contribution in [0.2, 0.25) is 0 Å². The number of nitrogens with zero attached hydrogens (tertiary/aromatic N) is 2. The summed E-state index contributed by atoms with van der Waals surface area (Å²) in [5.74, 6) is -0.193. The number of aromatic nitrogens is 1. The van der Waals surface area contributed by atoms with E-state index in [0.29, 0.717) is 6.54 Å². The first-order valence-electron chi connectivity index (χ1n) is 5.67. The first kappa shape index (κ1) is 18.3. The molecule has 7 heteroatoms. The predicted molar refractivity (Wildman–Crippen MR) is 85.6 cm³/mol. The van der Waals surface area contributed by atoms with Crippen LogP contribution in [-0.2, 0) is 4.79 Å². The van der Waals surface area contributed by atoms with Crippen molar-refractivity contribution in [1.29, 1.82) is 0 Å². The van der Waals surface area contributed by atoms with Crippen LogP contribution in [0.15, 0.2) is 41.6 Å². The summed E-state index contributed by atoms with van der Waals surface area (Å²) in [5.41, 5.74) is 9.40. The number of amides is 1. The Bertz CT molecular complexity index is 584. The van der Waals surface area contributed by atoms with Gasteiger partial charge in [0.1, 0.15) is 0 Å². The summed E-state index contributed by atoms with van der Waals surface area (Å²) in [6.45, 7) is 0.317. The zero-order chi connectivity index (χ0) is 12.8. The topological polar surface area (TPSA) is 80.4 Å². The van der Waals surface area contributed by atoms with Gasteiger partial charge in [-0.1, -0.05) is 24.3 Å². The molecule has 0 spiro atoms. The number of hydrogen-bond donors (Lipinski definition) is 2. The summed E-state index contributed by atoms with van der Waals surface area (Å²) in [4.78, 5) is 15.5. The standard InChI is InChI=1S/C13H14N4O.2ClH/c14-7-6-12(18)17-16-9-11-4-1-3-10-5-2-8-15-13(10)11;;/h1-5,8-9H,6-7,14H2,(H,17,18);2*1H/b16-9+;;. The van der Waals surface area contributed by atoms with Gasteiger partial charge in [0, 0.05) is 30.1 Å². The summed E-state index contributed by atoms with van der Waals surface area (Å²) >= 11 is 0. The highest BCUT2D eigenvalue weighted by molar-refractivity contribution is 5.97. The van der Waals surface area contributed by atoms with Crippen LogP contribution >= 0.6 is 24.8 Å². The third-order valence-corrected chi connectivity index (χ3v) is 2.43. The largest absolute Gasteiger partial charge is 0.330 e. The molecule has 0 aliphatic rings. The first-order valence-corrected chi connectivity index (χ1v) is 5.67. The highest BCUT2D eigenvalue weighted by atomic mass is 35.5. The van der Waals surface area contributed by atoms with Crippen LogP contribution in [0.3, 0.4) is 0 Å². The van der Waals surface area contributed by atoms with E-state index in [1.807, 2.05) is 30.3 Å². The number of nitrogens with one attached hydrogen (secondary N) is 1. The molecule has 0 aliphatic carbocycles. The first-order chi connectivity index (χ1) is 8.81. The zero-order valence-electron chi connectivity index (χ0n) is 10.7. The fraction of sp³-hybridized carbons (Fsp3) is 0.154. The van der Waals surface area contributed by atoms with Crippen LogP contribution in [0.5, 0.6) is 0 Å². The van der Waals surface area contributed by atoms with Crippen LogP contribution in [0.4, 0.5) is 0 Å². The average Bonchev–Trinajstić information content (AvgIpc) is 2.39. The van der Waals surface area contributed by atoms with Crippen molar-refractivity contribution in [2.45, 2.75) is 6.42 Å². The summed E-state index contributed by atoms with van der Waals surface area (Å²) in [6.07, 6.45) is 3.58. The van der Waals surface area contributed by atoms with Crippen molar-refractivity contribution in [3.8, 4) is 0 Å². The number of hydrogen-bond acceptors (Lipinski definition) is 4. The van der Waals surface area contributed by atoms with Crippen molar-refractivity contribution < 1.29 is 4.79 Å². The quantitative estimate of drug-likeness (QED) is 0.668. The molecule has 0 saturated carbocycles. The number of hydrazone groups is 1. The number of pyridine rings is 1. The van der Waals surface area contributed by atoms with E-state index in [-0.39, 0.29) is 37.1 Å². The van der Waals surface area contributed by atoms with Gasteiger partial charge in [-0.2, -0.15) is 5.10 Å². The summed E-state index contributed by atoms with van der Waals surface area (Å²) < 4.78 is 0. The van der Waals surface area contributed by atoms with E-state index in [0.717, 1.165) is 16.5 Å². The Morgan fingerprint density at radius 3 is 2.80 bits per heavy atom. The molecule has 1 aromatic heterocycles. The molecule has 3 N–H and O–H groups in total. The lowest BCUT2D eigenvalue weighted by Crippen LogP contribution is -2.20. The molecule has 0 bridgehead atoms.